The third-order valence-electron chi connectivity index (χ3n) is 2.70. The van der Waals surface area contributed by atoms with Crippen molar-refractivity contribution >= 4 is 38.9 Å². The van der Waals surface area contributed by atoms with E-state index in [1.807, 2.05) is 18.4 Å². The summed E-state index contributed by atoms with van der Waals surface area (Å²) in [5.41, 5.74) is 7.45. The number of carbonyl (C=O) groups is 1. The molecule has 0 saturated carbocycles. The molecule has 0 bridgehead atoms. The number of thiophene rings is 1. The van der Waals surface area contributed by atoms with Crippen LogP contribution in [0, 0.1) is 0 Å². The molecule has 0 spiro atoms. The third kappa shape index (κ3) is 3.16. The summed E-state index contributed by atoms with van der Waals surface area (Å²) < 4.78 is 1.000. The van der Waals surface area contributed by atoms with Crippen molar-refractivity contribution in [2.45, 2.75) is 26.3 Å². The van der Waals surface area contributed by atoms with E-state index in [0.29, 0.717) is 12.2 Å². The Kier molecular flexibility index (Phi) is 4.60. The summed E-state index contributed by atoms with van der Waals surface area (Å²) in [5, 5.41) is 11.6. The Labute approximate surface area is 123 Å². The number of nitrogens with two attached hydrogens (primary N) is 1. The van der Waals surface area contributed by atoms with Gasteiger partial charge < -0.3 is 11.1 Å². The van der Waals surface area contributed by atoms with Gasteiger partial charge in [0, 0.05) is 9.35 Å². The minimum absolute atomic E-state index is 0.253. The second-order valence-electron chi connectivity index (χ2n) is 4.09. The van der Waals surface area contributed by atoms with E-state index in [0.717, 1.165) is 27.9 Å². The van der Waals surface area contributed by atoms with E-state index >= 15 is 0 Å². The number of rotatable bonds is 5. The number of aromatic nitrogens is 2. The molecule has 0 aliphatic carbocycles. The summed E-state index contributed by atoms with van der Waals surface area (Å²) in [7, 11) is 0. The normalized spacial score (nSPS) is 10.6. The Hall–Kier alpha value is -1.34. The van der Waals surface area contributed by atoms with Crippen LogP contribution in [0.2, 0.25) is 0 Å². The maximum Gasteiger partial charge on any atom is 0.274 e. The van der Waals surface area contributed by atoms with Gasteiger partial charge in [-0.05, 0) is 33.8 Å². The molecule has 4 N–H and O–H groups in total. The van der Waals surface area contributed by atoms with Gasteiger partial charge in [0.25, 0.3) is 5.91 Å². The lowest BCUT2D eigenvalue weighted by Gasteiger charge is -2.03. The van der Waals surface area contributed by atoms with Crippen LogP contribution in [-0.4, -0.2) is 16.1 Å². The van der Waals surface area contributed by atoms with Crippen molar-refractivity contribution in [2.75, 3.05) is 5.73 Å². The number of H-pyrrole nitrogens is 1. The largest absolute Gasteiger partial charge is 0.395 e. The fraction of sp³-hybridized carbons (Fsp3) is 0.333. The first-order valence-corrected chi connectivity index (χ1v) is 7.63. The highest BCUT2D eigenvalue weighted by molar-refractivity contribution is 9.10. The number of nitrogen functional groups attached to an aromatic ring is 1. The van der Waals surface area contributed by atoms with E-state index in [1.165, 1.54) is 0 Å². The van der Waals surface area contributed by atoms with Crippen LogP contribution in [0.1, 0.15) is 34.4 Å². The van der Waals surface area contributed by atoms with Gasteiger partial charge in [-0.1, -0.05) is 13.3 Å². The standard InChI is InChI=1S/C12H15BrN4OS/c1-2-3-8-10(14)11(17-16-8)12(18)15-6-9-7(13)4-5-19-9/h4-5H,2-3,6,14H2,1H3,(H,15,18)(H,16,17). The number of amides is 1. The van der Waals surface area contributed by atoms with Gasteiger partial charge in [0.2, 0.25) is 0 Å². The number of hydrogen-bond donors (Lipinski definition) is 3. The van der Waals surface area contributed by atoms with Gasteiger partial charge in [-0.15, -0.1) is 11.3 Å². The van der Waals surface area contributed by atoms with Gasteiger partial charge in [-0.25, -0.2) is 0 Å². The minimum Gasteiger partial charge on any atom is -0.395 e. The summed E-state index contributed by atoms with van der Waals surface area (Å²) in [4.78, 5) is 13.1. The van der Waals surface area contributed by atoms with Crippen molar-refractivity contribution in [1.29, 1.82) is 0 Å². The summed E-state index contributed by atoms with van der Waals surface area (Å²) >= 11 is 5.01. The number of hydrogen-bond acceptors (Lipinski definition) is 4. The molecule has 2 aromatic heterocycles. The first kappa shape index (κ1) is 14.1. The topological polar surface area (TPSA) is 83.8 Å². The quantitative estimate of drug-likeness (QED) is 0.780. The van der Waals surface area contributed by atoms with E-state index in [9.17, 15) is 4.79 Å². The van der Waals surface area contributed by atoms with E-state index < -0.39 is 0 Å². The third-order valence-corrected chi connectivity index (χ3v) is 4.62. The molecule has 0 aromatic carbocycles. The second-order valence-corrected chi connectivity index (χ2v) is 5.94. The fourth-order valence-electron chi connectivity index (χ4n) is 1.70. The Bertz CT molecular complexity index is 578. The molecule has 2 heterocycles. The van der Waals surface area contributed by atoms with Crippen LogP contribution in [0.5, 0.6) is 0 Å². The predicted octanol–water partition coefficient (Wildman–Crippen LogP) is 2.70. The van der Waals surface area contributed by atoms with E-state index in [2.05, 4.69) is 31.4 Å². The van der Waals surface area contributed by atoms with E-state index in [1.54, 1.807) is 11.3 Å². The van der Waals surface area contributed by atoms with Gasteiger partial charge in [0.15, 0.2) is 5.69 Å². The Morgan fingerprint density at radius 3 is 3.05 bits per heavy atom. The van der Waals surface area contributed by atoms with Crippen molar-refractivity contribution in [3.8, 4) is 0 Å². The monoisotopic (exact) mass is 342 g/mol. The van der Waals surface area contributed by atoms with Gasteiger partial charge in [-0.3, -0.25) is 9.89 Å². The molecule has 2 rings (SSSR count). The van der Waals surface area contributed by atoms with Crippen LogP contribution in [0.4, 0.5) is 5.69 Å². The van der Waals surface area contributed by atoms with E-state index in [4.69, 9.17) is 5.73 Å². The molecule has 7 heteroatoms. The average molecular weight is 343 g/mol. The van der Waals surface area contributed by atoms with Gasteiger partial charge in [0.1, 0.15) is 0 Å². The molecular formula is C12H15BrN4OS. The number of aryl methyl sites for hydroxylation is 1. The van der Waals surface area contributed by atoms with Crippen LogP contribution in [0.3, 0.4) is 0 Å². The van der Waals surface area contributed by atoms with Crippen molar-refractivity contribution in [1.82, 2.24) is 15.5 Å². The van der Waals surface area contributed by atoms with Crippen LogP contribution >= 0.6 is 27.3 Å². The van der Waals surface area contributed by atoms with E-state index in [-0.39, 0.29) is 11.6 Å². The molecule has 0 fully saturated rings. The molecule has 0 aliphatic rings. The van der Waals surface area contributed by atoms with Crippen LogP contribution in [-0.2, 0) is 13.0 Å². The van der Waals surface area contributed by atoms with Gasteiger partial charge in [-0.2, -0.15) is 5.10 Å². The van der Waals surface area contributed by atoms with Crippen molar-refractivity contribution in [3.63, 3.8) is 0 Å². The smallest absolute Gasteiger partial charge is 0.274 e. The number of nitrogens with zero attached hydrogens (tertiary/aromatic N) is 1. The number of aromatic amines is 1. The SMILES string of the molecule is CCCc1[nH]nc(C(=O)NCc2sccc2Br)c1N. The molecule has 0 radical (unpaired) electrons. The van der Waals surface area contributed by atoms with Crippen LogP contribution in [0.15, 0.2) is 15.9 Å². The summed E-state index contributed by atoms with van der Waals surface area (Å²) in [6.07, 6.45) is 1.75. The lowest BCUT2D eigenvalue weighted by atomic mass is 10.2. The second kappa shape index (κ2) is 6.21. The van der Waals surface area contributed by atoms with Crippen molar-refractivity contribution < 1.29 is 4.79 Å². The minimum atomic E-state index is -0.253. The molecule has 19 heavy (non-hydrogen) atoms. The summed E-state index contributed by atoms with van der Waals surface area (Å²) in [6.45, 7) is 2.51. The van der Waals surface area contributed by atoms with Crippen LogP contribution in [0.25, 0.3) is 0 Å². The van der Waals surface area contributed by atoms with Gasteiger partial charge >= 0.3 is 0 Å². The zero-order valence-corrected chi connectivity index (χ0v) is 12.9. The Morgan fingerprint density at radius 1 is 1.63 bits per heavy atom. The molecule has 5 nitrogen and oxygen atoms in total. The first-order chi connectivity index (χ1) is 9.13. The van der Waals surface area contributed by atoms with Crippen molar-refractivity contribution in [3.05, 3.63) is 32.2 Å². The lowest BCUT2D eigenvalue weighted by Crippen LogP contribution is -2.23. The average Bonchev–Trinajstić information content (AvgIpc) is 2.95. The zero-order valence-electron chi connectivity index (χ0n) is 10.5. The molecule has 102 valence electrons. The maximum atomic E-state index is 12.0. The highest BCUT2D eigenvalue weighted by Crippen LogP contribution is 2.22. The predicted molar refractivity (Wildman–Crippen MR) is 80.2 cm³/mol. The van der Waals surface area contributed by atoms with Crippen molar-refractivity contribution in [2.24, 2.45) is 0 Å². The maximum absolute atomic E-state index is 12.0. The molecular weight excluding hydrogens is 328 g/mol. The molecule has 1 amide bonds. The number of nitrogens with one attached hydrogen (secondary N) is 2. The Morgan fingerprint density at radius 2 is 2.42 bits per heavy atom. The highest BCUT2D eigenvalue weighted by atomic mass is 79.9. The Balaban J connectivity index is 2.02. The van der Waals surface area contributed by atoms with Gasteiger partial charge in [0.05, 0.1) is 17.9 Å². The molecule has 0 aliphatic heterocycles. The molecule has 0 saturated heterocycles. The lowest BCUT2D eigenvalue weighted by molar-refractivity contribution is 0.0947. The molecule has 0 atom stereocenters. The zero-order chi connectivity index (χ0) is 13.8. The first-order valence-electron chi connectivity index (χ1n) is 5.96. The van der Waals surface area contributed by atoms with Crippen LogP contribution < -0.4 is 11.1 Å². The number of halogens is 1. The molecule has 0 unspecified atom stereocenters. The summed E-state index contributed by atoms with van der Waals surface area (Å²) in [5.74, 6) is -0.253. The molecule has 2 aromatic rings. The fourth-order valence-corrected chi connectivity index (χ4v) is 3.13. The number of carbonyl (C=O) groups excluding carboxylic acids is 1. The highest BCUT2D eigenvalue weighted by Gasteiger charge is 2.16. The summed E-state index contributed by atoms with van der Waals surface area (Å²) in [6, 6.07) is 1.95. The number of anilines is 1.